The Kier molecular flexibility index (Phi) is 6.38. The molecule has 0 fully saturated rings. The maximum atomic E-state index is 10.8. The number of sulfonamides is 1. The summed E-state index contributed by atoms with van der Waals surface area (Å²) in [7, 11) is -3.09. The Morgan fingerprint density at radius 2 is 1.72 bits per heavy atom. The summed E-state index contributed by atoms with van der Waals surface area (Å²) in [5.74, 6) is 0. The van der Waals surface area contributed by atoms with Gasteiger partial charge in [-0.15, -0.1) is 0 Å². The van der Waals surface area contributed by atoms with Gasteiger partial charge in [0.25, 0.3) is 0 Å². The molecule has 0 heterocycles. The average Bonchev–Trinajstić information content (AvgIpc) is 2.20. The largest absolute Gasteiger partial charge is 0.313 e. The van der Waals surface area contributed by atoms with Gasteiger partial charge in [0.1, 0.15) is 0 Å². The summed E-state index contributed by atoms with van der Waals surface area (Å²) in [6.45, 7) is 1.80. The highest BCUT2D eigenvalue weighted by atomic mass is 35.5. The van der Waals surface area contributed by atoms with Crippen molar-refractivity contribution >= 4 is 33.2 Å². The Balaban J connectivity index is 2.22. The predicted octanol–water partition coefficient (Wildman–Crippen LogP) is 2.02. The zero-order valence-corrected chi connectivity index (χ0v) is 12.4. The fourth-order valence-electron chi connectivity index (χ4n) is 1.42. The highest BCUT2D eigenvalue weighted by Crippen LogP contribution is 2.18. The Bertz CT molecular complexity index is 472. The molecule has 4 nitrogen and oxygen atoms in total. The third-order valence-corrected chi connectivity index (χ3v) is 3.31. The third kappa shape index (κ3) is 7.18. The van der Waals surface area contributed by atoms with Gasteiger partial charge in [-0.25, -0.2) is 13.1 Å². The Hall–Kier alpha value is -0.330. The van der Waals surface area contributed by atoms with Gasteiger partial charge in [-0.05, 0) is 36.7 Å². The summed E-state index contributed by atoms with van der Waals surface area (Å²) in [6.07, 6.45) is 1.87. The van der Waals surface area contributed by atoms with Gasteiger partial charge in [0.2, 0.25) is 10.0 Å². The first kappa shape index (κ1) is 15.7. The molecule has 0 spiro atoms. The number of hydrogen-bond donors (Lipinski definition) is 2. The van der Waals surface area contributed by atoms with Crippen LogP contribution in [0.3, 0.4) is 0 Å². The quantitative estimate of drug-likeness (QED) is 0.758. The van der Waals surface area contributed by atoms with Crippen LogP contribution in [0.1, 0.15) is 12.0 Å². The van der Waals surface area contributed by atoms with Crippen LogP contribution in [-0.4, -0.2) is 27.8 Å². The highest BCUT2D eigenvalue weighted by molar-refractivity contribution is 7.88. The van der Waals surface area contributed by atoms with Crippen molar-refractivity contribution in [3.8, 4) is 0 Å². The van der Waals surface area contributed by atoms with Crippen molar-refractivity contribution in [2.45, 2.75) is 13.0 Å². The molecule has 0 aliphatic carbocycles. The van der Waals surface area contributed by atoms with Gasteiger partial charge in [-0.1, -0.05) is 23.2 Å². The number of rotatable bonds is 7. The molecule has 0 aliphatic heterocycles. The van der Waals surface area contributed by atoms with E-state index in [0.29, 0.717) is 29.7 Å². The Morgan fingerprint density at radius 3 is 2.28 bits per heavy atom. The zero-order chi connectivity index (χ0) is 13.6. The highest BCUT2D eigenvalue weighted by Gasteiger charge is 2.00. The summed E-state index contributed by atoms with van der Waals surface area (Å²) < 4.78 is 24.0. The van der Waals surface area contributed by atoms with E-state index < -0.39 is 10.0 Å². The van der Waals surface area contributed by atoms with Crippen molar-refractivity contribution < 1.29 is 8.42 Å². The molecule has 18 heavy (non-hydrogen) atoms. The average molecular weight is 311 g/mol. The van der Waals surface area contributed by atoms with Crippen LogP contribution in [0.25, 0.3) is 0 Å². The van der Waals surface area contributed by atoms with Crippen molar-refractivity contribution in [1.29, 1.82) is 0 Å². The smallest absolute Gasteiger partial charge is 0.208 e. The maximum absolute atomic E-state index is 10.8. The second-order valence-electron chi connectivity index (χ2n) is 3.97. The molecule has 1 aromatic carbocycles. The first-order valence-electron chi connectivity index (χ1n) is 5.47. The first-order valence-corrected chi connectivity index (χ1v) is 8.12. The maximum Gasteiger partial charge on any atom is 0.208 e. The third-order valence-electron chi connectivity index (χ3n) is 2.15. The van der Waals surface area contributed by atoms with Crippen LogP contribution in [-0.2, 0) is 16.6 Å². The molecule has 7 heteroatoms. The van der Waals surface area contributed by atoms with E-state index in [1.165, 1.54) is 0 Å². The molecule has 0 unspecified atom stereocenters. The van der Waals surface area contributed by atoms with E-state index in [4.69, 9.17) is 23.2 Å². The van der Waals surface area contributed by atoms with Crippen molar-refractivity contribution in [1.82, 2.24) is 10.0 Å². The lowest BCUT2D eigenvalue weighted by Crippen LogP contribution is -2.26. The molecular formula is C11H16Cl2N2O2S. The van der Waals surface area contributed by atoms with E-state index in [1.807, 2.05) is 12.1 Å². The minimum atomic E-state index is -3.09. The Morgan fingerprint density at radius 1 is 1.11 bits per heavy atom. The Labute approximate surface area is 118 Å². The van der Waals surface area contributed by atoms with Crippen LogP contribution in [0, 0.1) is 0 Å². The monoisotopic (exact) mass is 310 g/mol. The van der Waals surface area contributed by atoms with Gasteiger partial charge in [0, 0.05) is 23.1 Å². The van der Waals surface area contributed by atoms with Gasteiger partial charge in [0.15, 0.2) is 0 Å². The summed E-state index contributed by atoms with van der Waals surface area (Å²) in [5.41, 5.74) is 1.00. The molecule has 0 saturated carbocycles. The minimum Gasteiger partial charge on any atom is -0.313 e. The summed E-state index contributed by atoms with van der Waals surface area (Å²) >= 11 is 11.7. The fourth-order valence-corrected chi connectivity index (χ4v) is 2.50. The van der Waals surface area contributed by atoms with Crippen molar-refractivity contribution in [3.05, 3.63) is 33.8 Å². The van der Waals surface area contributed by atoms with Gasteiger partial charge in [-0.2, -0.15) is 0 Å². The number of nitrogens with one attached hydrogen (secondary N) is 2. The van der Waals surface area contributed by atoms with E-state index in [0.717, 1.165) is 18.2 Å². The molecule has 1 rings (SSSR count). The topological polar surface area (TPSA) is 58.2 Å². The fraction of sp³-hybridized carbons (Fsp3) is 0.455. The van der Waals surface area contributed by atoms with Gasteiger partial charge in [0.05, 0.1) is 6.26 Å². The molecule has 0 atom stereocenters. The number of hydrogen-bond acceptors (Lipinski definition) is 3. The second-order valence-corrected chi connectivity index (χ2v) is 6.68. The van der Waals surface area contributed by atoms with E-state index in [2.05, 4.69) is 10.0 Å². The van der Waals surface area contributed by atoms with Crippen LogP contribution in [0.5, 0.6) is 0 Å². The molecule has 0 radical (unpaired) electrons. The van der Waals surface area contributed by atoms with Gasteiger partial charge in [-0.3, -0.25) is 0 Å². The number of benzene rings is 1. The number of halogens is 2. The van der Waals surface area contributed by atoms with Gasteiger partial charge >= 0.3 is 0 Å². The van der Waals surface area contributed by atoms with Crippen LogP contribution < -0.4 is 10.0 Å². The molecule has 0 aromatic heterocycles. The molecular weight excluding hydrogens is 295 g/mol. The van der Waals surface area contributed by atoms with E-state index in [-0.39, 0.29) is 0 Å². The minimum absolute atomic E-state index is 0.433. The molecule has 0 aliphatic rings. The van der Waals surface area contributed by atoms with Crippen LogP contribution in [0.2, 0.25) is 10.0 Å². The first-order chi connectivity index (χ1) is 8.37. The van der Waals surface area contributed by atoms with Crippen LogP contribution in [0.4, 0.5) is 0 Å². The molecule has 1 aromatic rings. The van der Waals surface area contributed by atoms with E-state index in [1.54, 1.807) is 6.07 Å². The zero-order valence-electron chi connectivity index (χ0n) is 10.0. The molecule has 0 saturated heterocycles. The van der Waals surface area contributed by atoms with E-state index in [9.17, 15) is 8.42 Å². The van der Waals surface area contributed by atoms with Crippen LogP contribution >= 0.6 is 23.2 Å². The lowest BCUT2D eigenvalue weighted by atomic mass is 10.2. The summed E-state index contributed by atoms with van der Waals surface area (Å²) in [4.78, 5) is 0. The second kappa shape index (κ2) is 7.31. The normalized spacial score (nSPS) is 11.7. The summed E-state index contributed by atoms with van der Waals surface area (Å²) in [5, 5.41) is 4.41. The summed E-state index contributed by atoms with van der Waals surface area (Å²) in [6, 6.07) is 5.37. The standard InChI is InChI=1S/C11H16Cl2N2O2S/c1-18(16,17)15-4-2-3-14-8-9-5-10(12)7-11(13)6-9/h5-7,14-15H,2-4,8H2,1H3. The SMILES string of the molecule is CS(=O)(=O)NCCCNCc1cc(Cl)cc(Cl)c1. The molecule has 102 valence electrons. The lowest BCUT2D eigenvalue weighted by molar-refractivity contribution is 0.579. The molecule has 2 N–H and O–H groups in total. The van der Waals surface area contributed by atoms with Crippen molar-refractivity contribution in [3.63, 3.8) is 0 Å². The van der Waals surface area contributed by atoms with Gasteiger partial charge < -0.3 is 5.32 Å². The van der Waals surface area contributed by atoms with E-state index >= 15 is 0 Å². The molecule has 0 amide bonds. The lowest BCUT2D eigenvalue weighted by Gasteiger charge is -2.06. The molecule has 0 bridgehead atoms. The van der Waals surface area contributed by atoms with Crippen molar-refractivity contribution in [2.24, 2.45) is 0 Å². The van der Waals surface area contributed by atoms with Crippen LogP contribution in [0.15, 0.2) is 18.2 Å². The van der Waals surface area contributed by atoms with Crippen molar-refractivity contribution in [2.75, 3.05) is 19.3 Å². The predicted molar refractivity (Wildman–Crippen MR) is 75.6 cm³/mol.